The van der Waals surface area contributed by atoms with Gasteiger partial charge in [-0.15, -0.1) is 13.2 Å². The van der Waals surface area contributed by atoms with Gasteiger partial charge in [0.05, 0.1) is 42.1 Å². The minimum Gasteiger partial charge on any atom is -0.493 e. The minimum absolute atomic E-state index is 0.114. The Bertz CT molecular complexity index is 1500. The molecule has 0 bridgehead atoms. The summed E-state index contributed by atoms with van der Waals surface area (Å²) in [6.07, 6.45) is 2.69. The molecule has 2 aliphatic rings. The van der Waals surface area contributed by atoms with Crippen LogP contribution in [0, 0.1) is 5.92 Å². The summed E-state index contributed by atoms with van der Waals surface area (Å²) in [5, 5.41) is 2.15. The number of benzene rings is 1. The second-order valence-electron chi connectivity index (χ2n) is 10.5. The zero-order chi connectivity index (χ0) is 28.4. The molecular formula is C29H31F3N6O3. The summed E-state index contributed by atoms with van der Waals surface area (Å²) in [6.45, 7) is 5.24. The number of nitrogens with zero attached hydrogens (tertiary/aromatic N) is 5. The highest BCUT2D eigenvalue weighted by Gasteiger charge is 2.31. The van der Waals surface area contributed by atoms with Crippen LogP contribution >= 0.6 is 0 Å². The molecule has 216 valence electrons. The molecule has 9 nitrogen and oxygen atoms in total. The molecule has 12 heteroatoms. The number of pyridine rings is 2. The number of rotatable bonds is 7. The van der Waals surface area contributed by atoms with E-state index in [1.54, 1.807) is 0 Å². The average molecular weight is 569 g/mol. The molecule has 4 aromatic rings. The Labute approximate surface area is 234 Å². The van der Waals surface area contributed by atoms with Gasteiger partial charge in [0, 0.05) is 56.8 Å². The maximum absolute atomic E-state index is 13.2. The van der Waals surface area contributed by atoms with Crippen molar-refractivity contribution in [2.24, 2.45) is 5.92 Å². The fraction of sp³-hybridized carbons (Fsp3) is 0.414. The molecule has 1 N–H and O–H groups in total. The van der Waals surface area contributed by atoms with Crippen LogP contribution in [0.5, 0.6) is 11.5 Å². The molecule has 0 aliphatic carbocycles. The van der Waals surface area contributed by atoms with Gasteiger partial charge in [0.2, 0.25) is 5.91 Å². The van der Waals surface area contributed by atoms with Crippen molar-refractivity contribution in [3.63, 3.8) is 0 Å². The molecular weight excluding hydrogens is 537 g/mol. The van der Waals surface area contributed by atoms with Gasteiger partial charge in [-0.1, -0.05) is 6.07 Å². The van der Waals surface area contributed by atoms with Crippen molar-refractivity contribution in [2.75, 3.05) is 57.3 Å². The Balaban J connectivity index is 0.991. The van der Waals surface area contributed by atoms with Crippen LogP contribution in [0.25, 0.3) is 21.9 Å². The fourth-order valence-corrected chi connectivity index (χ4v) is 5.68. The van der Waals surface area contributed by atoms with Gasteiger partial charge in [-0.3, -0.25) is 9.69 Å². The molecule has 1 atom stereocenters. The first kappa shape index (κ1) is 27.1. The number of aromatic nitrogens is 3. The van der Waals surface area contributed by atoms with E-state index >= 15 is 0 Å². The summed E-state index contributed by atoms with van der Waals surface area (Å²) in [4.78, 5) is 31.9. The normalized spacial score (nSPS) is 18.7. The summed E-state index contributed by atoms with van der Waals surface area (Å²) >= 11 is 0. The Morgan fingerprint density at radius 3 is 2.54 bits per heavy atom. The molecule has 0 spiro atoms. The Kier molecular flexibility index (Phi) is 7.57. The number of carbonyl (C=O) groups is 1. The highest BCUT2D eigenvalue weighted by Crippen LogP contribution is 2.32. The SMILES string of the molecule is O=C(CN1CCN(c2cnc3ncc4[nH]cccc4c23)CC1)N1CCCC(COc2ccc(OC(F)(F)F)cc2)C1. The maximum atomic E-state index is 13.2. The number of hydrogen-bond acceptors (Lipinski definition) is 7. The molecule has 2 saturated heterocycles. The molecule has 41 heavy (non-hydrogen) atoms. The highest BCUT2D eigenvalue weighted by molar-refractivity contribution is 6.10. The number of hydrogen-bond donors (Lipinski definition) is 1. The summed E-state index contributed by atoms with van der Waals surface area (Å²) in [7, 11) is 0. The van der Waals surface area contributed by atoms with E-state index in [2.05, 4.69) is 35.6 Å². The number of aromatic amines is 1. The number of fused-ring (bicyclic) bond motifs is 3. The van der Waals surface area contributed by atoms with Crippen molar-refractivity contribution >= 4 is 33.5 Å². The lowest BCUT2D eigenvalue weighted by Crippen LogP contribution is -2.51. The van der Waals surface area contributed by atoms with Crippen LogP contribution in [0.4, 0.5) is 18.9 Å². The highest BCUT2D eigenvalue weighted by atomic mass is 19.4. The van der Waals surface area contributed by atoms with Crippen molar-refractivity contribution in [3.05, 3.63) is 55.0 Å². The minimum atomic E-state index is -4.73. The molecule has 5 heterocycles. The lowest BCUT2D eigenvalue weighted by atomic mass is 9.99. The van der Waals surface area contributed by atoms with Crippen molar-refractivity contribution in [1.82, 2.24) is 24.8 Å². The first-order chi connectivity index (χ1) is 19.8. The van der Waals surface area contributed by atoms with Gasteiger partial charge in [-0.05, 0) is 43.2 Å². The molecule has 1 aromatic carbocycles. The number of carbonyl (C=O) groups excluding carboxylic acids is 1. The zero-order valence-corrected chi connectivity index (χ0v) is 22.4. The predicted molar refractivity (Wildman–Crippen MR) is 148 cm³/mol. The first-order valence-corrected chi connectivity index (χ1v) is 13.8. The number of ether oxygens (including phenoxy) is 2. The number of H-pyrrole nitrogens is 1. The largest absolute Gasteiger partial charge is 0.573 e. The van der Waals surface area contributed by atoms with Gasteiger partial charge in [-0.25, -0.2) is 9.97 Å². The van der Waals surface area contributed by atoms with Crippen LogP contribution in [-0.2, 0) is 4.79 Å². The summed E-state index contributed by atoms with van der Waals surface area (Å²) in [6, 6.07) is 9.43. The molecule has 0 radical (unpaired) electrons. The standard InChI is InChI=1S/C29H31F3N6O3/c30-29(31,32)41-22-7-5-21(6-8-22)40-19-20-3-2-10-38(17-20)26(39)18-36-11-13-37(14-12-36)25-16-35-28-27(25)23-4-1-9-33-24(23)15-34-28/h1,4-9,15-16,20,33H,2-3,10-14,17-19H2. The van der Waals surface area contributed by atoms with Crippen molar-refractivity contribution in [2.45, 2.75) is 19.2 Å². The van der Waals surface area contributed by atoms with Crippen molar-refractivity contribution in [1.29, 1.82) is 0 Å². The van der Waals surface area contributed by atoms with E-state index in [0.29, 0.717) is 25.4 Å². The molecule has 2 aliphatic heterocycles. The Hall–Kier alpha value is -4.06. The van der Waals surface area contributed by atoms with E-state index in [0.717, 1.165) is 73.2 Å². The number of halogens is 3. The quantitative estimate of drug-likeness (QED) is 0.353. The van der Waals surface area contributed by atoms with E-state index in [1.807, 2.05) is 29.6 Å². The maximum Gasteiger partial charge on any atom is 0.573 e. The van der Waals surface area contributed by atoms with Crippen LogP contribution in [0.3, 0.4) is 0 Å². The molecule has 3 aromatic heterocycles. The summed E-state index contributed by atoms with van der Waals surface area (Å²) in [5.74, 6) is 0.456. The second kappa shape index (κ2) is 11.4. The van der Waals surface area contributed by atoms with Crippen LogP contribution < -0.4 is 14.4 Å². The Morgan fingerprint density at radius 1 is 1.00 bits per heavy atom. The molecule has 1 unspecified atom stereocenters. The van der Waals surface area contributed by atoms with E-state index in [-0.39, 0.29) is 17.6 Å². The predicted octanol–water partition coefficient (Wildman–Crippen LogP) is 4.45. The van der Waals surface area contributed by atoms with Crippen LogP contribution in [0.2, 0.25) is 0 Å². The number of piperidine rings is 1. The van der Waals surface area contributed by atoms with E-state index < -0.39 is 6.36 Å². The monoisotopic (exact) mass is 568 g/mol. The van der Waals surface area contributed by atoms with Gasteiger partial charge < -0.3 is 24.3 Å². The van der Waals surface area contributed by atoms with Gasteiger partial charge in [0.15, 0.2) is 5.65 Å². The topological polar surface area (TPSA) is 86.8 Å². The number of piperazine rings is 1. The van der Waals surface area contributed by atoms with Gasteiger partial charge in [0.25, 0.3) is 0 Å². The lowest BCUT2D eigenvalue weighted by Gasteiger charge is -2.38. The van der Waals surface area contributed by atoms with Gasteiger partial charge in [-0.2, -0.15) is 0 Å². The molecule has 1 amide bonds. The number of amides is 1. The van der Waals surface area contributed by atoms with E-state index in [4.69, 9.17) is 4.74 Å². The fourth-order valence-electron chi connectivity index (χ4n) is 5.68. The summed E-state index contributed by atoms with van der Waals surface area (Å²) in [5.41, 5.74) is 2.78. The molecule has 6 rings (SSSR count). The third-order valence-electron chi connectivity index (χ3n) is 7.75. The van der Waals surface area contributed by atoms with E-state index in [9.17, 15) is 18.0 Å². The van der Waals surface area contributed by atoms with Crippen LogP contribution in [0.15, 0.2) is 55.0 Å². The third kappa shape index (κ3) is 6.32. The van der Waals surface area contributed by atoms with Crippen LogP contribution in [-0.4, -0.2) is 89.4 Å². The lowest BCUT2D eigenvalue weighted by molar-refractivity contribution is -0.274. The molecule has 0 saturated carbocycles. The third-order valence-corrected chi connectivity index (χ3v) is 7.75. The smallest absolute Gasteiger partial charge is 0.493 e. The first-order valence-electron chi connectivity index (χ1n) is 13.8. The van der Waals surface area contributed by atoms with E-state index in [1.165, 1.54) is 24.3 Å². The van der Waals surface area contributed by atoms with Crippen LogP contribution in [0.1, 0.15) is 12.8 Å². The Morgan fingerprint density at radius 2 is 1.76 bits per heavy atom. The zero-order valence-electron chi connectivity index (χ0n) is 22.4. The second-order valence-corrected chi connectivity index (χ2v) is 10.5. The number of nitrogens with one attached hydrogen (secondary N) is 1. The summed E-state index contributed by atoms with van der Waals surface area (Å²) < 4.78 is 46.8. The van der Waals surface area contributed by atoms with Crippen molar-refractivity contribution in [3.8, 4) is 11.5 Å². The van der Waals surface area contributed by atoms with Gasteiger partial charge >= 0.3 is 6.36 Å². The number of likely N-dealkylation sites (tertiary alicyclic amines) is 1. The van der Waals surface area contributed by atoms with Gasteiger partial charge in [0.1, 0.15) is 11.5 Å². The van der Waals surface area contributed by atoms with Crippen molar-refractivity contribution < 1.29 is 27.4 Å². The number of alkyl halides is 3. The average Bonchev–Trinajstić information content (AvgIpc) is 3.41. The number of anilines is 1. The molecule has 2 fully saturated rings.